The Morgan fingerprint density at radius 1 is 1.44 bits per heavy atom. The van der Waals surface area contributed by atoms with Gasteiger partial charge in [-0.15, -0.1) is 0 Å². The Morgan fingerprint density at radius 3 is 2.00 bits per heavy atom. The van der Waals surface area contributed by atoms with Crippen LogP contribution in [0.2, 0.25) is 0 Å². The van der Waals surface area contributed by atoms with Crippen LogP contribution >= 0.6 is 0 Å². The first-order valence-corrected chi connectivity index (χ1v) is 3.36. The molecule has 0 radical (unpaired) electrons. The standard InChI is InChI=1S/C7H15NO/c1-4-7(9)8(5-2)6-3/h4,9H,5-6H2,1-3H3/b7-4-. The summed E-state index contributed by atoms with van der Waals surface area (Å²) in [4.78, 5) is 1.89. The van der Waals surface area contributed by atoms with Crippen LogP contribution in [0, 0.1) is 0 Å². The molecular weight excluding hydrogens is 114 g/mol. The average molecular weight is 129 g/mol. The minimum Gasteiger partial charge on any atom is -0.495 e. The zero-order valence-electron chi connectivity index (χ0n) is 6.39. The highest BCUT2D eigenvalue weighted by Gasteiger charge is 1.98. The van der Waals surface area contributed by atoms with Crippen LogP contribution in [-0.4, -0.2) is 23.1 Å². The van der Waals surface area contributed by atoms with Crippen molar-refractivity contribution in [3.63, 3.8) is 0 Å². The topological polar surface area (TPSA) is 23.5 Å². The molecular formula is C7H15NO. The summed E-state index contributed by atoms with van der Waals surface area (Å²) >= 11 is 0. The molecule has 0 rings (SSSR count). The highest BCUT2D eigenvalue weighted by Crippen LogP contribution is 1.96. The van der Waals surface area contributed by atoms with E-state index in [4.69, 9.17) is 5.11 Å². The van der Waals surface area contributed by atoms with Gasteiger partial charge in [0.25, 0.3) is 0 Å². The molecule has 0 saturated heterocycles. The van der Waals surface area contributed by atoms with Gasteiger partial charge in [-0.2, -0.15) is 0 Å². The SMILES string of the molecule is C/C=C(\O)N(CC)CC. The van der Waals surface area contributed by atoms with Crippen molar-refractivity contribution in [2.45, 2.75) is 20.8 Å². The summed E-state index contributed by atoms with van der Waals surface area (Å²) in [6.45, 7) is 7.60. The summed E-state index contributed by atoms with van der Waals surface area (Å²) in [5, 5.41) is 9.10. The van der Waals surface area contributed by atoms with E-state index in [2.05, 4.69) is 0 Å². The maximum Gasteiger partial charge on any atom is 0.182 e. The van der Waals surface area contributed by atoms with Crippen LogP contribution in [0.25, 0.3) is 0 Å². The number of aliphatic hydroxyl groups excluding tert-OH is 1. The lowest BCUT2D eigenvalue weighted by Crippen LogP contribution is -2.21. The zero-order valence-corrected chi connectivity index (χ0v) is 6.39. The van der Waals surface area contributed by atoms with Crippen LogP contribution in [-0.2, 0) is 0 Å². The minimum atomic E-state index is 0.375. The van der Waals surface area contributed by atoms with E-state index >= 15 is 0 Å². The minimum absolute atomic E-state index is 0.375. The monoisotopic (exact) mass is 129 g/mol. The fourth-order valence-corrected chi connectivity index (χ4v) is 0.730. The molecule has 0 amide bonds. The number of nitrogens with zero attached hydrogens (tertiary/aromatic N) is 1. The third-order valence-electron chi connectivity index (χ3n) is 1.35. The lowest BCUT2D eigenvalue weighted by atomic mass is 10.5. The van der Waals surface area contributed by atoms with Crippen LogP contribution in [0.5, 0.6) is 0 Å². The maximum atomic E-state index is 9.10. The lowest BCUT2D eigenvalue weighted by Gasteiger charge is -2.18. The van der Waals surface area contributed by atoms with E-state index in [1.807, 2.05) is 25.7 Å². The van der Waals surface area contributed by atoms with E-state index in [0.29, 0.717) is 5.88 Å². The van der Waals surface area contributed by atoms with Crippen molar-refractivity contribution in [1.29, 1.82) is 0 Å². The third kappa shape index (κ3) is 2.40. The van der Waals surface area contributed by atoms with Crippen molar-refractivity contribution in [3.05, 3.63) is 12.0 Å². The molecule has 54 valence electrons. The number of hydrogen-bond acceptors (Lipinski definition) is 2. The molecule has 0 aromatic rings. The summed E-state index contributed by atoms with van der Waals surface area (Å²) in [6.07, 6.45) is 1.70. The van der Waals surface area contributed by atoms with Crippen molar-refractivity contribution in [2.75, 3.05) is 13.1 Å². The molecule has 0 saturated carbocycles. The van der Waals surface area contributed by atoms with Crippen LogP contribution in [0.4, 0.5) is 0 Å². The van der Waals surface area contributed by atoms with Gasteiger partial charge < -0.3 is 10.0 Å². The molecule has 0 bridgehead atoms. The van der Waals surface area contributed by atoms with Gasteiger partial charge in [-0.3, -0.25) is 0 Å². The van der Waals surface area contributed by atoms with E-state index in [-0.39, 0.29) is 0 Å². The van der Waals surface area contributed by atoms with Gasteiger partial charge in [0.15, 0.2) is 5.88 Å². The predicted octanol–water partition coefficient (Wildman–Crippen LogP) is 1.75. The molecule has 0 unspecified atom stereocenters. The Labute approximate surface area is 56.8 Å². The van der Waals surface area contributed by atoms with Crippen molar-refractivity contribution in [1.82, 2.24) is 4.90 Å². The molecule has 0 aromatic carbocycles. The van der Waals surface area contributed by atoms with Gasteiger partial charge in [-0.25, -0.2) is 0 Å². The second-order valence-corrected chi connectivity index (χ2v) is 1.82. The molecule has 0 atom stereocenters. The lowest BCUT2D eigenvalue weighted by molar-refractivity contribution is 0.215. The van der Waals surface area contributed by atoms with Gasteiger partial charge in [0, 0.05) is 13.1 Å². The van der Waals surface area contributed by atoms with Gasteiger partial charge in [0.2, 0.25) is 0 Å². The van der Waals surface area contributed by atoms with Gasteiger partial charge in [0.05, 0.1) is 0 Å². The van der Waals surface area contributed by atoms with E-state index in [9.17, 15) is 0 Å². The summed E-state index contributed by atoms with van der Waals surface area (Å²) in [5.74, 6) is 0.375. The van der Waals surface area contributed by atoms with Gasteiger partial charge in [-0.05, 0) is 26.8 Å². The molecule has 0 aliphatic carbocycles. The third-order valence-corrected chi connectivity index (χ3v) is 1.35. The summed E-state index contributed by atoms with van der Waals surface area (Å²) in [7, 11) is 0. The van der Waals surface area contributed by atoms with Gasteiger partial charge in [0.1, 0.15) is 0 Å². The summed E-state index contributed by atoms with van der Waals surface area (Å²) in [6, 6.07) is 0. The first-order valence-electron chi connectivity index (χ1n) is 3.36. The van der Waals surface area contributed by atoms with E-state index in [1.54, 1.807) is 6.08 Å². The highest BCUT2D eigenvalue weighted by molar-refractivity contribution is 4.86. The molecule has 0 heterocycles. The molecule has 1 N–H and O–H groups in total. The normalized spacial score (nSPS) is 11.7. The van der Waals surface area contributed by atoms with E-state index < -0.39 is 0 Å². The maximum absolute atomic E-state index is 9.10. The highest BCUT2D eigenvalue weighted by atomic mass is 16.3. The molecule has 0 aromatic heterocycles. The van der Waals surface area contributed by atoms with Crippen LogP contribution in [0.15, 0.2) is 12.0 Å². The number of rotatable bonds is 3. The summed E-state index contributed by atoms with van der Waals surface area (Å²) < 4.78 is 0. The second kappa shape index (κ2) is 4.24. The number of allylic oxidation sites excluding steroid dienone is 1. The first-order chi connectivity index (χ1) is 4.26. The molecule has 2 nitrogen and oxygen atoms in total. The Morgan fingerprint density at radius 2 is 1.89 bits per heavy atom. The van der Waals surface area contributed by atoms with Crippen molar-refractivity contribution in [3.8, 4) is 0 Å². The smallest absolute Gasteiger partial charge is 0.182 e. The number of aliphatic hydroxyl groups is 1. The van der Waals surface area contributed by atoms with E-state index in [0.717, 1.165) is 13.1 Å². The summed E-state index contributed by atoms with van der Waals surface area (Å²) in [5.41, 5.74) is 0. The fourth-order valence-electron chi connectivity index (χ4n) is 0.730. The first kappa shape index (κ1) is 8.34. The van der Waals surface area contributed by atoms with Gasteiger partial charge >= 0.3 is 0 Å². The Balaban J connectivity index is 3.79. The van der Waals surface area contributed by atoms with E-state index in [1.165, 1.54) is 0 Å². The Hall–Kier alpha value is -0.660. The fraction of sp³-hybridized carbons (Fsp3) is 0.714. The molecule has 0 spiro atoms. The second-order valence-electron chi connectivity index (χ2n) is 1.82. The van der Waals surface area contributed by atoms with Crippen LogP contribution < -0.4 is 0 Å². The average Bonchev–Trinajstić information content (AvgIpc) is 1.90. The number of hydrogen-bond donors (Lipinski definition) is 1. The molecule has 0 aliphatic rings. The Kier molecular flexibility index (Phi) is 3.93. The van der Waals surface area contributed by atoms with Crippen molar-refractivity contribution >= 4 is 0 Å². The van der Waals surface area contributed by atoms with Crippen molar-refractivity contribution < 1.29 is 5.11 Å². The quantitative estimate of drug-likeness (QED) is 0.587. The molecule has 9 heavy (non-hydrogen) atoms. The molecule has 0 fully saturated rings. The Bertz CT molecular complexity index is 95.1. The predicted molar refractivity (Wildman–Crippen MR) is 39.3 cm³/mol. The largest absolute Gasteiger partial charge is 0.495 e. The molecule has 2 heteroatoms. The van der Waals surface area contributed by atoms with Gasteiger partial charge in [-0.1, -0.05) is 0 Å². The van der Waals surface area contributed by atoms with Crippen LogP contribution in [0.1, 0.15) is 20.8 Å². The molecule has 0 aliphatic heterocycles. The van der Waals surface area contributed by atoms with Crippen LogP contribution in [0.3, 0.4) is 0 Å². The van der Waals surface area contributed by atoms with Crippen molar-refractivity contribution in [2.24, 2.45) is 0 Å². The zero-order chi connectivity index (χ0) is 7.28.